The molecule has 2 aromatic rings. The third-order valence-corrected chi connectivity index (χ3v) is 3.16. The first kappa shape index (κ1) is 16.0. The van der Waals surface area contributed by atoms with Crippen LogP contribution in [0, 0.1) is 0 Å². The van der Waals surface area contributed by atoms with Gasteiger partial charge in [0.15, 0.2) is 0 Å². The van der Waals surface area contributed by atoms with Crippen LogP contribution in [0.3, 0.4) is 0 Å². The van der Waals surface area contributed by atoms with E-state index in [2.05, 4.69) is 5.32 Å². The zero-order valence-electron chi connectivity index (χ0n) is 12.2. The smallest absolute Gasteiger partial charge is 0.416 e. The molecule has 22 heavy (non-hydrogen) atoms. The topological polar surface area (TPSA) is 30.5 Å². The van der Waals surface area contributed by atoms with Crippen LogP contribution in [-0.4, -0.2) is 14.2 Å². The minimum absolute atomic E-state index is 0.321. The second-order valence-corrected chi connectivity index (χ2v) is 4.61. The van der Waals surface area contributed by atoms with Crippen LogP contribution in [0.1, 0.15) is 11.1 Å². The van der Waals surface area contributed by atoms with Gasteiger partial charge in [-0.25, -0.2) is 0 Å². The highest BCUT2D eigenvalue weighted by molar-refractivity contribution is 5.49. The van der Waals surface area contributed by atoms with Crippen LogP contribution in [0.25, 0.3) is 0 Å². The fourth-order valence-electron chi connectivity index (χ4n) is 2.02. The summed E-state index contributed by atoms with van der Waals surface area (Å²) in [4.78, 5) is 0. The SMILES string of the molecule is COc1ccc(OC)c(CNc2cccc(C(F)(F)F)c2)c1. The summed E-state index contributed by atoms with van der Waals surface area (Å²) in [6.45, 7) is 0.321. The summed E-state index contributed by atoms with van der Waals surface area (Å²) in [5, 5.41) is 2.96. The van der Waals surface area contributed by atoms with E-state index in [-0.39, 0.29) is 0 Å². The van der Waals surface area contributed by atoms with E-state index in [1.165, 1.54) is 13.2 Å². The molecule has 0 amide bonds. The maximum absolute atomic E-state index is 12.7. The minimum Gasteiger partial charge on any atom is -0.497 e. The van der Waals surface area contributed by atoms with Crippen molar-refractivity contribution in [2.24, 2.45) is 0 Å². The van der Waals surface area contributed by atoms with Crippen molar-refractivity contribution >= 4 is 5.69 Å². The molecule has 0 aliphatic carbocycles. The maximum atomic E-state index is 12.7. The first-order valence-electron chi connectivity index (χ1n) is 6.56. The zero-order chi connectivity index (χ0) is 16.2. The highest BCUT2D eigenvalue weighted by atomic mass is 19.4. The van der Waals surface area contributed by atoms with Crippen LogP contribution >= 0.6 is 0 Å². The third-order valence-electron chi connectivity index (χ3n) is 3.16. The molecule has 0 fully saturated rings. The number of alkyl halides is 3. The number of anilines is 1. The molecule has 0 aromatic heterocycles. The maximum Gasteiger partial charge on any atom is 0.416 e. The Morgan fingerprint density at radius 3 is 2.41 bits per heavy atom. The van der Waals surface area contributed by atoms with E-state index in [0.29, 0.717) is 23.7 Å². The molecular weight excluding hydrogens is 295 g/mol. The lowest BCUT2D eigenvalue weighted by Gasteiger charge is -2.13. The van der Waals surface area contributed by atoms with Crippen LogP contribution in [0.4, 0.5) is 18.9 Å². The molecule has 0 heterocycles. The molecule has 3 nitrogen and oxygen atoms in total. The lowest BCUT2D eigenvalue weighted by molar-refractivity contribution is -0.137. The van der Waals surface area contributed by atoms with Gasteiger partial charge in [0.1, 0.15) is 11.5 Å². The van der Waals surface area contributed by atoms with Gasteiger partial charge in [-0.1, -0.05) is 6.07 Å². The number of ether oxygens (including phenoxy) is 2. The lowest BCUT2D eigenvalue weighted by atomic mass is 10.1. The number of nitrogens with one attached hydrogen (secondary N) is 1. The van der Waals surface area contributed by atoms with Gasteiger partial charge in [0, 0.05) is 17.8 Å². The average molecular weight is 311 g/mol. The van der Waals surface area contributed by atoms with Crippen molar-refractivity contribution in [2.75, 3.05) is 19.5 Å². The van der Waals surface area contributed by atoms with Crippen LogP contribution in [-0.2, 0) is 12.7 Å². The number of hydrogen-bond acceptors (Lipinski definition) is 3. The van der Waals surface area contributed by atoms with Gasteiger partial charge in [-0.15, -0.1) is 0 Å². The lowest BCUT2D eigenvalue weighted by Crippen LogP contribution is -2.07. The molecule has 0 aliphatic heterocycles. The summed E-state index contributed by atoms with van der Waals surface area (Å²) in [5.41, 5.74) is 0.495. The molecule has 2 aromatic carbocycles. The van der Waals surface area contributed by atoms with Crippen LogP contribution in [0.15, 0.2) is 42.5 Å². The van der Waals surface area contributed by atoms with Gasteiger partial charge in [-0.05, 0) is 36.4 Å². The van der Waals surface area contributed by atoms with E-state index < -0.39 is 11.7 Å². The summed E-state index contributed by atoms with van der Waals surface area (Å²) in [6, 6.07) is 10.4. The molecule has 0 aliphatic rings. The van der Waals surface area contributed by atoms with E-state index >= 15 is 0 Å². The Morgan fingerprint density at radius 2 is 1.77 bits per heavy atom. The summed E-state index contributed by atoms with van der Waals surface area (Å²) in [7, 11) is 3.08. The van der Waals surface area contributed by atoms with Gasteiger partial charge in [0.05, 0.1) is 19.8 Å². The number of halogens is 3. The molecule has 2 rings (SSSR count). The standard InChI is InChI=1S/C16H16F3NO2/c1-21-14-6-7-15(22-2)11(8-14)10-20-13-5-3-4-12(9-13)16(17,18)19/h3-9,20H,10H2,1-2H3. The average Bonchev–Trinajstić information content (AvgIpc) is 2.52. The predicted octanol–water partition coefficient (Wildman–Crippen LogP) is 4.33. The minimum atomic E-state index is -4.36. The van der Waals surface area contributed by atoms with Gasteiger partial charge in [-0.3, -0.25) is 0 Å². The molecule has 0 atom stereocenters. The number of hydrogen-bond donors (Lipinski definition) is 1. The second kappa shape index (κ2) is 6.60. The Hall–Kier alpha value is -2.37. The van der Waals surface area contributed by atoms with Crippen molar-refractivity contribution in [3.05, 3.63) is 53.6 Å². The van der Waals surface area contributed by atoms with Gasteiger partial charge in [-0.2, -0.15) is 13.2 Å². The van der Waals surface area contributed by atoms with Gasteiger partial charge in [0.2, 0.25) is 0 Å². The van der Waals surface area contributed by atoms with E-state index in [1.54, 1.807) is 31.4 Å². The fraction of sp³-hybridized carbons (Fsp3) is 0.250. The monoisotopic (exact) mass is 311 g/mol. The van der Waals surface area contributed by atoms with Gasteiger partial charge >= 0.3 is 6.18 Å². The van der Waals surface area contributed by atoms with Crippen LogP contribution in [0.2, 0.25) is 0 Å². The molecule has 0 saturated heterocycles. The molecular formula is C16H16F3NO2. The fourth-order valence-corrected chi connectivity index (χ4v) is 2.02. The molecule has 6 heteroatoms. The molecule has 0 unspecified atom stereocenters. The molecule has 1 N–H and O–H groups in total. The Balaban J connectivity index is 2.16. The van der Waals surface area contributed by atoms with Gasteiger partial charge in [0.25, 0.3) is 0 Å². The first-order chi connectivity index (χ1) is 10.4. The van der Waals surface area contributed by atoms with Gasteiger partial charge < -0.3 is 14.8 Å². The molecule has 0 saturated carbocycles. The Labute approximate surface area is 126 Å². The van der Waals surface area contributed by atoms with Crippen LogP contribution in [0.5, 0.6) is 11.5 Å². The van der Waals surface area contributed by atoms with Crippen molar-refractivity contribution in [2.45, 2.75) is 12.7 Å². The summed E-state index contributed by atoms with van der Waals surface area (Å²) < 4.78 is 48.4. The highest BCUT2D eigenvalue weighted by Gasteiger charge is 2.30. The first-order valence-corrected chi connectivity index (χ1v) is 6.56. The molecule has 118 valence electrons. The van der Waals surface area contributed by atoms with Crippen LogP contribution < -0.4 is 14.8 Å². The largest absolute Gasteiger partial charge is 0.497 e. The van der Waals surface area contributed by atoms with E-state index in [4.69, 9.17) is 9.47 Å². The summed E-state index contributed by atoms with van der Waals surface area (Å²) >= 11 is 0. The van der Waals surface area contributed by atoms with Crippen molar-refractivity contribution in [3.8, 4) is 11.5 Å². The Morgan fingerprint density at radius 1 is 1.00 bits per heavy atom. The number of rotatable bonds is 5. The van der Waals surface area contributed by atoms with Crippen molar-refractivity contribution in [1.29, 1.82) is 0 Å². The zero-order valence-corrected chi connectivity index (χ0v) is 12.2. The Kier molecular flexibility index (Phi) is 4.80. The Bertz CT molecular complexity index is 642. The van der Waals surface area contributed by atoms with E-state index in [1.807, 2.05) is 0 Å². The molecule has 0 radical (unpaired) electrons. The third kappa shape index (κ3) is 3.84. The van der Waals surface area contributed by atoms with E-state index in [9.17, 15) is 13.2 Å². The predicted molar refractivity (Wildman–Crippen MR) is 78.3 cm³/mol. The number of benzene rings is 2. The normalized spacial score (nSPS) is 11.1. The number of methoxy groups -OCH3 is 2. The molecule has 0 bridgehead atoms. The highest BCUT2D eigenvalue weighted by Crippen LogP contribution is 2.31. The summed E-state index contributed by atoms with van der Waals surface area (Å²) in [5.74, 6) is 1.29. The quantitative estimate of drug-likeness (QED) is 0.891. The van der Waals surface area contributed by atoms with E-state index in [0.717, 1.165) is 17.7 Å². The van der Waals surface area contributed by atoms with Crippen molar-refractivity contribution in [3.63, 3.8) is 0 Å². The second-order valence-electron chi connectivity index (χ2n) is 4.61. The summed E-state index contributed by atoms with van der Waals surface area (Å²) in [6.07, 6.45) is -4.36. The van der Waals surface area contributed by atoms with Crippen molar-refractivity contribution in [1.82, 2.24) is 0 Å². The van der Waals surface area contributed by atoms with Crippen molar-refractivity contribution < 1.29 is 22.6 Å². The molecule has 0 spiro atoms.